The molecular weight excluding hydrogens is 262 g/mol. The first-order chi connectivity index (χ1) is 10.2. The zero-order chi connectivity index (χ0) is 14.7. The van der Waals surface area contributed by atoms with Crippen LogP contribution in [-0.4, -0.2) is 36.5 Å². The predicted molar refractivity (Wildman–Crippen MR) is 83.7 cm³/mol. The van der Waals surface area contributed by atoms with Gasteiger partial charge in [-0.2, -0.15) is 0 Å². The number of amides is 1. The fourth-order valence-corrected chi connectivity index (χ4v) is 3.48. The molecule has 0 aromatic heterocycles. The molecule has 3 N–H and O–H groups in total. The first kappa shape index (κ1) is 14.5. The standard InChI is InChI=1S/C17H25N3O/c18-16-6-5-14(11-16)17(21)19-8-10-20-9-7-13-3-1-2-4-15(13)12-20/h1-4,14,16H,5-12,18H2,(H,19,21). The van der Waals surface area contributed by atoms with E-state index in [0.717, 1.165) is 51.9 Å². The highest BCUT2D eigenvalue weighted by Crippen LogP contribution is 2.24. The fraction of sp³-hybridized carbons (Fsp3) is 0.588. The molecule has 4 heteroatoms. The van der Waals surface area contributed by atoms with E-state index in [9.17, 15) is 4.79 Å². The van der Waals surface area contributed by atoms with Gasteiger partial charge in [-0.25, -0.2) is 0 Å². The number of rotatable bonds is 4. The lowest BCUT2D eigenvalue weighted by Gasteiger charge is -2.28. The molecule has 2 aliphatic rings. The Morgan fingerprint density at radius 3 is 2.86 bits per heavy atom. The normalized spacial score (nSPS) is 25.6. The van der Waals surface area contributed by atoms with Crippen molar-refractivity contribution in [1.82, 2.24) is 10.2 Å². The minimum atomic E-state index is 0.141. The van der Waals surface area contributed by atoms with Gasteiger partial charge in [0, 0.05) is 38.1 Å². The monoisotopic (exact) mass is 287 g/mol. The maximum absolute atomic E-state index is 12.0. The molecule has 2 atom stereocenters. The van der Waals surface area contributed by atoms with Crippen LogP contribution in [0, 0.1) is 5.92 Å². The van der Waals surface area contributed by atoms with Crippen LogP contribution >= 0.6 is 0 Å². The van der Waals surface area contributed by atoms with Crippen molar-refractivity contribution in [2.75, 3.05) is 19.6 Å². The highest BCUT2D eigenvalue weighted by atomic mass is 16.1. The van der Waals surface area contributed by atoms with E-state index in [0.29, 0.717) is 0 Å². The van der Waals surface area contributed by atoms with Crippen LogP contribution in [0.3, 0.4) is 0 Å². The van der Waals surface area contributed by atoms with E-state index in [1.165, 1.54) is 11.1 Å². The first-order valence-corrected chi connectivity index (χ1v) is 8.05. The number of hydrogen-bond acceptors (Lipinski definition) is 3. The maximum atomic E-state index is 12.0. The van der Waals surface area contributed by atoms with Gasteiger partial charge in [-0.3, -0.25) is 9.69 Å². The molecule has 1 saturated carbocycles. The lowest BCUT2D eigenvalue weighted by molar-refractivity contribution is -0.124. The summed E-state index contributed by atoms with van der Waals surface area (Å²) in [6.45, 7) is 3.76. The van der Waals surface area contributed by atoms with Gasteiger partial charge in [-0.1, -0.05) is 24.3 Å². The van der Waals surface area contributed by atoms with E-state index in [1.807, 2.05) is 0 Å². The molecular formula is C17H25N3O. The van der Waals surface area contributed by atoms with Gasteiger partial charge in [0.05, 0.1) is 0 Å². The Morgan fingerprint density at radius 2 is 2.10 bits per heavy atom. The average Bonchev–Trinajstić information content (AvgIpc) is 2.94. The number of nitrogens with one attached hydrogen (secondary N) is 1. The molecule has 1 aliphatic heterocycles. The molecule has 2 unspecified atom stereocenters. The molecule has 0 radical (unpaired) electrons. The van der Waals surface area contributed by atoms with E-state index in [1.54, 1.807) is 0 Å². The van der Waals surface area contributed by atoms with Gasteiger partial charge in [0.15, 0.2) is 0 Å². The smallest absolute Gasteiger partial charge is 0.223 e. The molecule has 1 aliphatic carbocycles. The fourth-order valence-electron chi connectivity index (χ4n) is 3.48. The van der Waals surface area contributed by atoms with Crippen LogP contribution < -0.4 is 11.1 Å². The van der Waals surface area contributed by atoms with Gasteiger partial charge >= 0.3 is 0 Å². The molecule has 1 amide bonds. The minimum Gasteiger partial charge on any atom is -0.355 e. The summed E-state index contributed by atoms with van der Waals surface area (Å²) in [6, 6.07) is 8.87. The summed E-state index contributed by atoms with van der Waals surface area (Å²) >= 11 is 0. The molecule has 114 valence electrons. The predicted octanol–water partition coefficient (Wildman–Crippen LogP) is 1.29. The largest absolute Gasteiger partial charge is 0.355 e. The van der Waals surface area contributed by atoms with Crippen LogP contribution in [0.1, 0.15) is 30.4 Å². The molecule has 3 rings (SSSR count). The third-order valence-electron chi connectivity index (χ3n) is 4.78. The molecule has 0 spiro atoms. The number of carbonyl (C=O) groups excluding carboxylic acids is 1. The molecule has 1 fully saturated rings. The Morgan fingerprint density at radius 1 is 1.29 bits per heavy atom. The number of carbonyl (C=O) groups is 1. The summed E-state index contributed by atoms with van der Waals surface area (Å²) in [6.07, 6.45) is 3.90. The molecule has 0 bridgehead atoms. The van der Waals surface area contributed by atoms with E-state index < -0.39 is 0 Å². The second-order valence-electron chi connectivity index (χ2n) is 6.36. The second-order valence-corrected chi connectivity index (χ2v) is 6.36. The van der Waals surface area contributed by atoms with Gasteiger partial charge in [-0.05, 0) is 36.8 Å². The van der Waals surface area contributed by atoms with Crippen LogP contribution in [0.15, 0.2) is 24.3 Å². The van der Waals surface area contributed by atoms with Crippen molar-refractivity contribution in [2.45, 2.75) is 38.3 Å². The molecule has 1 aromatic carbocycles. The van der Waals surface area contributed by atoms with Crippen molar-refractivity contribution < 1.29 is 4.79 Å². The zero-order valence-corrected chi connectivity index (χ0v) is 12.6. The van der Waals surface area contributed by atoms with Gasteiger partial charge in [-0.15, -0.1) is 0 Å². The van der Waals surface area contributed by atoms with Gasteiger partial charge in [0.1, 0.15) is 0 Å². The summed E-state index contributed by atoms with van der Waals surface area (Å²) in [5.74, 6) is 0.336. The Labute approximate surface area is 126 Å². The van der Waals surface area contributed by atoms with Crippen molar-refractivity contribution in [1.29, 1.82) is 0 Å². The molecule has 21 heavy (non-hydrogen) atoms. The number of fused-ring (bicyclic) bond motifs is 1. The molecule has 1 aromatic rings. The minimum absolute atomic E-state index is 0.141. The lowest BCUT2D eigenvalue weighted by atomic mass is 10.00. The lowest BCUT2D eigenvalue weighted by Crippen LogP contribution is -2.39. The Bertz CT molecular complexity index is 503. The van der Waals surface area contributed by atoms with Gasteiger partial charge < -0.3 is 11.1 Å². The van der Waals surface area contributed by atoms with Crippen LogP contribution in [0.25, 0.3) is 0 Å². The average molecular weight is 287 g/mol. The van der Waals surface area contributed by atoms with Crippen LogP contribution in [0.2, 0.25) is 0 Å². The third-order valence-corrected chi connectivity index (χ3v) is 4.78. The van der Waals surface area contributed by atoms with Crippen molar-refractivity contribution in [2.24, 2.45) is 11.7 Å². The maximum Gasteiger partial charge on any atom is 0.223 e. The van der Waals surface area contributed by atoms with Crippen LogP contribution in [-0.2, 0) is 17.8 Å². The zero-order valence-electron chi connectivity index (χ0n) is 12.6. The van der Waals surface area contributed by atoms with E-state index >= 15 is 0 Å². The van der Waals surface area contributed by atoms with E-state index in [2.05, 4.69) is 34.5 Å². The Kier molecular flexibility index (Phi) is 4.56. The highest BCUT2D eigenvalue weighted by molar-refractivity contribution is 5.78. The highest BCUT2D eigenvalue weighted by Gasteiger charge is 2.27. The van der Waals surface area contributed by atoms with E-state index in [-0.39, 0.29) is 17.9 Å². The molecule has 0 saturated heterocycles. The van der Waals surface area contributed by atoms with Gasteiger partial charge in [0.2, 0.25) is 5.91 Å². The summed E-state index contributed by atoms with van der Waals surface area (Å²) in [5.41, 5.74) is 8.76. The summed E-state index contributed by atoms with van der Waals surface area (Å²) in [5, 5.41) is 3.08. The first-order valence-electron chi connectivity index (χ1n) is 8.05. The third kappa shape index (κ3) is 3.63. The second kappa shape index (κ2) is 6.58. The number of hydrogen-bond donors (Lipinski definition) is 2. The Hall–Kier alpha value is -1.39. The van der Waals surface area contributed by atoms with Crippen LogP contribution in [0.5, 0.6) is 0 Å². The summed E-state index contributed by atoms with van der Waals surface area (Å²) < 4.78 is 0. The van der Waals surface area contributed by atoms with Gasteiger partial charge in [0.25, 0.3) is 0 Å². The molecule has 4 nitrogen and oxygen atoms in total. The topological polar surface area (TPSA) is 58.4 Å². The Balaban J connectivity index is 1.41. The van der Waals surface area contributed by atoms with E-state index in [4.69, 9.17) is 5.73 Å². The quantitative estimate of drug-likeness (QED) is 0.877. The number of nitrogens with zero attached hydrogens (tertiary/aromatic N) is 1. The van der Waals surface area contributed by atoms with Crippen molar-refractivity contribution in [3.05, 3.63) is 35.4 Å². The van der Waals surface area contributed by atoms with Crippen molar-refractivity contribution in [3.63, 3.8) is 0 Å². The SMILES string of the molecule is NC1CCC(C(=O)NCCN2CCc3ccccc3C2)C1. The van der Waals surface area contributed by atoms with Crippen molar-refractivity contribution in [3.8, 4) is 0 Å². The van der Waals surface area contributed by atoms with Crippen molar-refractivity contribution >= 4 is 5.91 Å². The number of nitrogens with two attached hydrogens (primary N) is 1. The molecule has 1 heterocycles. The summed E-state index contributed by atoms with van der Waals surface area (Å²) in [4.78, 5) is 14.5. The summed E-state index contributed by atoms with van der Waals surface area (Å²) in [7, 11) is 0. The van der Waals surface area contributed by atoms with Crippen LogP contribution in [0.4, 0.5) is 0 Å². The number of benzene rings is 1.